The summed E-state index contributed by atoms with van der Waals surface area (Å²) in [6, 6.07) is 76.4. The van der Waals surface area contributed by atoms with Crippen LogP contribution < -0.4 is 0 Å². The topological polar surface area (TPSA) is 43.6 Å². The fourth-order valence-corrected chi connectivity index (χ4v) is 16.3. The number of fused-ring (bicyclic) bond motifs is 22. The van der Waals surface area contributed by atoms with Gasteiger partial charge in [0, 0.05) is 32.9 Å². The van der Waals surface area contributed by atoms with Gasteiger partial charge in [-0.15, -0.1) is 0 Å². The summed E-state index contributed by atoms with van der Waals surface area (Å²) in [5.41, 5.74) is 24.4. The number of aromatic nitrogens is 4. The maximum atomic E-state index is 5.28. The number of hydrogen-bond donors (Lipinski definition) is 0. The minimum absolute atomic E-state index is 0.118. The van der Waals surface area contributed by atoms with Gasteiger partial charge in [-0.05, 0) is 157 Å². The molecule has 0 saturated heterocycles. The van der Waals surface area contributed by atoms with E-state index in [-0.39, 0.29) is 10.8 Å². The molecule has 9 aromatic carbocycles. The van der Waals surface area contributed by atoms with E-state index in [1.807, 2.05) is 0 Å². The van der Waals surface area contributed by atoms with Gasteiger partial charge < -0.3 is 4.57 Å². The van der Waals surface area contributed by atoms with Gasteiger partial charge in [0.2, 0.25) is 0 Å². The lowest BCUT2D eigenvalue weighted by Crippen LogP contribution is -2.47. The van der Waals surface area contributed by atoms with Gasteiger partial charge in [-0.25, -0.2) is 15.0 Å². The summed E-state index contributed by atoms with van der Waals surface area (Å²) < 4.78 is 2.45. The minimum Gasteiger partial charge on any atom is -0.309 e. The van der Waals surface area contributed by atoms with Gasteiger partial charge in [0.1, 0.15) is 6.33 Å². The summed E-state index contributed by atoms with van der Waals surface area (Å²) in [5.74, 6) is 2.26. The molecular weight excluding hydrogens is 921 g/mol. The first-order chi connectivity index (χ1) is 37.6. The number of nitrogens with zero attached hydrogens (tertiary/aromatic N) is 4. The quantitative estimate of drug-likeness (QED) is 0.167. The molecule has 4 nitrogen and oxygen atoms in total. The monoisotopic (exact) mass is 976 g/mol. The molecule has 11 aromatic rings. The third kappa shape index (κ3) is 5.61. The van der Waals surface area contributed by atoms with E-state index in [2.05, 4.69) is 231 Å². The van der Waals surface area contributed by atoms with Gasteiger partial charge in [-0.3, -0.25) is 0 Å². The average Bonchev–Trinajstić information content (AvgIpc) is 4.22. The van der Waals surface area contributed by atoms with Crippen molar-refractivity contribution in [2.45, 2.75) is 74.5 Å². The Bertz CT molecular complexity index is 4160. The number of hydrogen-bond acceptors (Lipinski definition) is 3. The molecule has 2 aromatic heterocycles. The highest BCUT2D eigenvalue weighted by molar-refractivity contribution is 6.09. The van der Waals surface area contributed by atoms with Crippen LogP contribution >= 0.6 is 0 Å². The number of para-hydroxylation sites is 2. The lowest BCUT2D eigenvalue weighted by atomic mass is 9.50. The van der Waals surface area contributed by atoms with Crippen molar-refractivity contribution in [2.75, 3.05) is 0 Å². The SMILES string of the molecule is CCC1(CC)c2cc(/C=C/c3ncnc(-c4ccc5c(c4)C4(c6ccccc6C6CCCCC64)c4ccccc4C54c5ccccc5-c5ccccc54)n3)ccc2-c2ccc(-n3c4ccccc4c4ccccc43)cc21. The molecule has 76 heavy (non-hydrogen) atoms. The Morgan fingerprint density at radius 1 is 0.487 bits per heavy atom. The first-order valence-electron chi connectivity index (χ1n) is 27.8. The molecule has 5 aliphatic rings. The predicted octanol–water partition coefficient (Wildman–Crippen LogP) is 17.2. The van der Waals surface area contributed by atoms with Crippen LogP contribution in [0.25, 0.3) is 73.3 Å². The summed E-state index contributed by atoms with van der Waals surface area (Å²) in [7, 11) is 0. The Kier molecular flexibility index (Phi) is 9.39. The Morgan fingerprint density at radius 2 is 1.08 bits per heavy atom. The van der Waals surface area contributed by atoms with Crippen LogP contribution in [0.5, 0.6) is 0 Å². The normalized spacial score (nSPS) is 19.6. The third-order valence-corrected chi connectivity index (χ3v) is 19.4. The van der Waals surface area contributed by atoms with Crippen LogP contribution in [0.3, 0.4) is 0 Å². The van der Waals surface area contributed by atoms with Crippen LogP contribution in [0.2, 0.25) is 0 Å². The molecule has 4 heteroatoms. The fraction of sp³-hybridized carbons (Fsp3) is 0.181. The van der Waals surface area contributed by atoms with Crippen molar-refractivity contribution in [3.63, 3.8) is 0 Å². The zero-order valence-electron chi connectivity index (χ0n) is 43.0. The predicted molar refractivity (Wildman–Crippen MR) is 310 cm³/mol. The van der Waals surface area contributed by atoms with Crippen LogP contribution in [0.1, 0.15) is 125 Å². The van der Waals surface area contributed by atoms with Crippen molar-refractivity contribution in [1.29, 1.82) is 0 Å². The van der Waals surface area contributed by atoms with Crippen LogP contribution in [0.15, 0.2) is 207 Å². The second-order valence-electron chi connectivity index (χ2n) is 22.2. The van der Waals surface area contributed by atoms with Crippen LogP contribution in [-0.4, -0.2) is 19.5 Å². The van der Waals surface area contributed by atoms with Crippen LogP contribution in [-0.2, 0) is 16.2 Å². The molecule has 3 unspecified atom stereocenters. The molecular formula is C72H56N4. The Labute approximate surface area is 444 Å². The highest BCUT2D eigenvalue weighted by Gasteiger charge is 2.62. The first kappa shape index (κ1) is 43.9. The lowest BCUT2D eigenvalue weighted by Gasteiger charge is -2.52. The number of rotatable bonds is 6. The zero-order valence-corrected chi connectivity index (χ0v) is 43.0. The molecule has 5 aliphatic carbocycles. The van der Waals surface area contributed by atoms with Gasteiger partial charge >= 0.3 is 0 Å². The molecule has 1 fully saturated rings. The summed E-state index contributed by atoms with van der Waals surface area (Å²) in [5, 5.41) is 2.57. The highest BCUT2D eigenvalue weighted by Crippen LogP contribution is 2.70. The molecule has 364 valence electrons. The summed E-state index contributed by atoms with van der Waals surface area (Å²) in [6.07, 6.45) is 12.9. The van der Waals surface area contributed by atoms with E-state index in [0.29, 0.717) is 23.5 Å². The summed E-state index contributed by atoms with van der Waals surface area (Å²) in [6.45, 7) is 4.71. The molecule has 0 amide bonds. The second kappa shape index (κ2) is 16.3. The maximum absolute atomic E-state index is 5.28. The second-order valence-corrected chi connectivity index (χ2v) is 22.2. The zero-order chi connectivity index (χ0) is 50.3. The molecule has 16 rings (SSSR count). The molecule has 1 saturated carbocycles. The van der Waals surface area contributed by atoms with Gasteiger partial charge in [0.15, 0.2) is 11.6 Å². The highest BCUT2D eigenvalue weighted by atomic mass is 15.0. The van der Waals surface area contributed by atoms with Crippen LogP contribution in [0.4, 0.5) is 0 Å². The third-order valence-electron chi connectivity index (χ3n) is 19.4. The van der Waals surface area contributed by atoms with Crippen molar-refractivity contribution in [3.05, 3.63) is 274 Å². The van der Waals surface area contributed by atoms with Gasteiger partial charge in [0.25, 0.3) is 0 Å². The Hall–Kier alpha value is -8.47. The molecule has 2 heterocycles. The molecule has 2 spiro atoms. The molecule has 0 N–H and O–H groups in total. The van der Waals surface area contributed by atoms with E-state index >= 15 is 0 Å². The number of benzene rings is 9. The average molecular weight is 977 g/mol. The standard InChI is InChI=1S/C72H56N4/c1-3-70(4-2)63-41-45(33-37-52(63)53-38-36-47(43-64(53)70)76-66-31-17-9-23-54(66)55-24-10-18-32-67(55)76)34-40-68-73-44-74-69(75-68)46-35-39-62-65(42-46)72(58-27-13-7-21-50(58)51-22-8-14-28-59(51)72)61-30-16-15-29-60(61)71(62)56-25-11-5-19-48(56)49-20-6-12-26-57(49)71/h5-7,9-13,15-21,23-27,29-44,51,59H,3-4,8,14,22,28H2,1-2H3/b40-34+. The molecule has 0 bridgehead atoms. The molecule has 3 atom stereocenters. The van der Waals surface area contributed by atoms with Crippen LogP contribution in [0, 0.1) is 5.92 Å². The van der Waals surface area contributed by atoms with Gasteiger partial charge in [0.05, 0.1) is 16.4 Å². The Morgan fingerprint density at radius 3 is 1.82 bits per heavy atom. The van der Waals surface area contributed by atoms with Gasteiger partial charge in [-0.1, -0.05) is 203 Å². The van der Waals surface area contributed by atoms with Crippen molar-refractivity contribution in [1.82, 2.24) is 19.5 Å². The van der Waals surface area contributed by atoms with E-state index < -0.39 is 5.41 Å². The van der Waals surface area contributed by atoms with E-state index in [4.69, 9.17) is 15.0 Å². The van der Waals surface area contributed by atoms with E-state index in [0.717, 1.165) is 24.0 Å². The van der Waals surface area contributed by atoms with Crippen molar-refractivity contribution in [3.8, 4) is 39.3 Å². The van der Waals surface area contributed by atoms with Crippen molar-refractivity contribution in [2.24, 2.45) is 5.92 Å². The van der Waals surface area contributed by atoms with Crippen molar-refractivity contribution < 1.29 is 0 Å². The summed E-state index contributed by atoms with van der Waals surface area (Å²) >= 11 is 0. The maximum Gasteiger partial charge on any atom is 0.163 e. The lowest BCUT2D eigenvalue weighted by molar-refractivity contribution is 0.256. The molecule has 0 aliphatic heterocycles. The minimum atomic E-state index is -0.489. The fourth-order valence-electron chi connectivity index (χ4n) is 16.3. The van der Waals surface area contributed by atoms with E-state index in [1.54, 1.807) is 6.33 Å². The summed E-state index contributed by atoms with van der Waals surface area (Å²) in [4.78, 5) is 15.0. The largest absolute Gasteiger partial charge is 0.309 e. The van der Waals surface area contributed by atoms with E-state index in [1.165, 1.54) is 131 Å². The van der Waals surface area contributed by atoms with Crippen molar-refractivity contribution >= 4 is 34.0 Å². The first-order valence-corrected chi connectivity index (χ1v) is 27.8. The van der Waals surface area contributed by atoms with Gasteiger partial charge in [-0.2, -0.15) is 0 Å². The van der Waals surface area contributed by atoms with E-state index in [9.17, 15) is 0 Å². The Balaban J connectivity index is 0.814. The smallest absolute Gasteiger partial charge is 0.163 e. The molecule has 0 radical (unpaired) electrons.